The fourth-order valence-electron chi connectivity index (χ4n) is 3.83. The van der Waals surface area contributed by atoms with Gasteiger partial charge in [0.15, 0.2) is 0 Å². The van der Waals surface area contributed by atoms with Crippen LogP contribution in [0.1, 0.15) is 24.6 Å². The summed E-state index contributed by atoms with van der Waals surface area (Å²) < 4.78 is 5.37. The number of hydrogen-bond donors (Lipinski definition) is 0. The van der Waals surface area contributed by atoms with E-state index in [1.54, 1.807) is 7.11 Å². The second kappa shape index (κ2) is 6.72. The van der Waals surface area contributed by atoms with Crippen LogP contribution in [0.2, 0.25) is 0 Å². The van der Waals surface area contributed by atoms with E-state index in [0.717, 1.165) is 54.5 Å². The number of methoxy groups -OCH3 is 1. The number of para-hydroxylation sites is 1. The van der Waals surface area contributed by atoms with Crippen molar-refractivity contribution in [3.8, 4) is 5.75 Å². The van der Waals surface area contributed by atoms with Crippen LogP contribution in [-0.4, -0.2) is 43.3 Å². The van der Waals surface area contributed by atoms with Crippen molar-refractivity contribution in [2.45, 2.75) is 18.8 Å². The molecule has 2 aromatic carbocycles. The SMILES string of the molecule is COc1cccc(N2CCN(c3nc(C4CC4)nc4ccccc34)CC2)c1. The molecule has 1 aliphatic carbocycles. The first-order valence-electron chi connectivity index (χ1n) is 9.72. The lowest BCUT2D eigenvalue weighted by Crippen LogP contribution is -2.47. The first-order chi connectivity index (χ1) is 13.3. The third-order valence-corrected chi connectivity index (χ3v) is 5.54. The van der Waals surface area contributed by atoms with Crippen molar-refractivity contribution < 1.29 is 4.74 Å². The Balaban J connectivity index is 1.40. The van der Waals surface area contributed by atoms with Crippen LogP contribution >= 0.6 is 0 Å². The van der Waals surface area contributed by atoms with E-state index in [9.17, 15) is 0 Å². The summed E-state index contributed by atoms with van der Waals surface area (Å²) >= 11 is 0. The molecule has 27 heavy (non-hydrogen) atoms. The monoisotopic (exact) mass is 360 g/mol. The van der Waals surface area contributed by atoms with Gasteiger partial charge in [0, 0.05) is 49.2 Å². The van der Waals surface area contributed by atoms with Crippen LogP contribution in [0.5, 0.6) is 5.75 Å². The minimum Gasteiger partial charge on any atom is -0.497 e. The second-order valence-corrected chi connectivity index (χ2v) is 7.37. The van der Waals surface area contributed by atoms with Gasteiger partial charge in [-0.05, 0) is 37.1 Å². The van der Waals surface area contributed by atoms with Crippen molar-refractivity contribution in [3.05, 3.63) is 54.4 Å². The highest BCUT2D eigenvalue weighted by Crippen LogP contribution is 2.40. The van der Waals surface area contributed by atoms with Gasteiger partial charge in [0.1, 0.15) is 17.4 Å². The quantitative estimate of drug-likeness (QED) is 0.707. The molecule has 5 heteroatoms. The van der Waals surface area contributed by atoms with Gasteiger partial charge in [-0.3, -0.25) is 0 Å². The normalized spacial score (nSPS) is 17.4. The molecule has 1 saturated heterocycles. The van der Waals surface area contributed by atoms with Gasteiger partial charge in [-0.1, -0.05) is 18.2 Å². The van der Waals surface area contributed by atoms with Gasteiger partial charge in [0.25, 0.3) is 0 Å². The zero-order valence-electron chi connectivity index (χ0n) is 15.6. The molecule has 0 atom stereocenters. The molecule has 3 aromatic rings. The van der Waals surface area contributed by atoms with Crippen LogP contribution in [0.25, 0.3) is 10.9 Å². The zero-order valence-corrected chi connectivity index (χ0v) is 15.6. The van der Waals surface area contributed by atoms with Gasteiger partial charge in [-0.2, -0.15) is 0 Å². The molecule has 0 radical (unpaired) electrons. The Hall–Kier alpha value is -2.82. The fraction of sp³-hybridized carbons (Fsp3) is 0.364. The second-order valence-electron chi connectivity index (χ2n) is 7.37. The van der Waals surface area contributed by atoms with E-state index in [4.69, 9.17) is 14.7 Å². The third kappa shape index (κ3) is 3.18. The average molecular weight is 360 g/mol. The Morgan fingerprint density at radius 3 is 2.44 bits per heavy atom. The van der Waals surface area contributed by atoms with Crippen LogP contribution in [0.3, 0.4) is 0 Å². The molecule has 2 aliphatic rings. The topological polar surface area (TPSA) is 41.5 Å². The fourth-order valence-corrected chi connectivity index (χ4v) is 3.83. The van der Waals surface area contributed by atoms with Crippen molar-refractivity contribution in [2.75, 3.05) is 43.1 Å². The Bertz CT molecular complexity index is 961. The summed E-state index contributed by atoms with van der Waals surface area (Å²) in [7, 11) is 1.72. The average Bonchev–Trinajstić information content (AvgIpc) is 3.59. The molecule has 1 aliphatic heterocycles. The molecular weight excluding hydrogens is 336 g/mol. The molecule has 0 N–H and O–H groups in total. The predicted molar refractivity (Wildman–Crippen MR) is 109 cm³/mol. The molecule has 1 aromatic heterocycles. The maximum Gasteiger partial charge on any atom is 0.140 e. The standard InChI is InChI=1S/C22H24N4O/c1-27-18-6-4-5-17(15-18)25-11-13-26(14-12-25)22-19-7-2-3-8-20(19)23-21(24-22)16-9-10-16/h2-8,15-16H,9-14H2,1H3. The van der Waals surface area contributed by atoms with E-state index in [2.05, 4.69) is 52.3 Å². The number of benzene rings is 2. The smallest absolute Gasteiger partial charge is 0.140 e. The maximum absolute atomic E-state index is 5.37. The van der Waals surface area contributed by atoms with Crippen molar-refractivity contribution in [1.82, 2.24) is 9.97 Å². The minimum absolute atomic E-state index is 0.562. The van der Waals surface area contributed by atoms with Gasteiger partial charge < -0.3 is 14.5 Å². The highest BCUT2D eigenvalue weighted by Gasteiger charge is 2.29. The minimum atomic E-state index is 0.562. The lowest BCUT2D eigenvalue weighted by Gasteiger charge is -2.37. The highest BCUT2D eigenvalue weighted by atomic mass is 16.5. The molecule has 0 spiro atoms. The number of rotatable bonds is 4. The maximum atomic E-state index is 5.37. The number of ether oxygens (including phenoxy) is 1. The van der Waals surface area contributed by atoms with Gasteiger partial charge in [-0.25, -0.2) is 9.97 Å². The first-order valence-corrected chi connectivity index (χ1v) is 9.72. The summed E-state index contributed by atoms with van der Waals surface area (Å²) in [5, 5.41) is 1.16. The molecule has 138 valence electrons. The lowest BCUT2D eigenvalue weighted by molar-refractivity contribution is 0.414. The summed E-state index contributed by atoms with van der Waals surface area (Å²) in [6, 6.07) is 16.7. The van der Waals surface area contributed by atoms with Gasteiger partial charge >= 0.3 is 0 Å². The summed E-state index contributed by atoms with van der Waals surface area (Å²) in [5.41, 5.74) is 2.29. The van der Waals surface area contributed by atoms with E-state index in [1.165, 1.54) is 18.5 Å². The molecule has 5 rings (SSSR count). The van der Waals surface area contributed by atoms with Crippen LogP contribution in [0.4, 0.5) is 11.5 Å². The summed E-state index contributed by atoms with van der Waals surface area (Å²) in [5.74, 6) is 3.60. The van der Waals surface area contributed by atoms with E-state index in [1.807, 2.05) is 6.07 Å². The van der Waals surface area contributed by atoms with Crippen molar-refractivity contribution >= 4 is 22.4 Å². The van der Waals surface area contributed by atoms with E-state index < -0.39 is 0 Å². The van der Waals surface area contributed by atoms with Gasteiger partial charge in [0.05, 0.1) is 12.6 Å². The Morgan fingerprint density at radius 1 is 0.889 bits per heavy atom. The molecule has 5 nitrogen and oxygen atoms in total. The number of hydrogen-bond acceptors (Lipinski definition) is 5. The van der Waals surface area contributed by atoms with E-state index >= 15 is 0 Å². The van der Waals surface area contributed by atoms with Gasteiger partial charge in [0.2, 0.25) is 0 Å². The number of nitrogens with zero attached hydrogens (tertiary/aromatic N) is 4. The molecule has 2 fully saturated rings. The van der Waals surface area contributed by atoms with Crippen molar-refractivity contribution in [1.29, 1.82) is 0 Å². The van der Waals surface area contributed by atoms with Gasteiger partial charge in [-0.15, -0.1) is 0 Å². The first kappa shape index (κ1) is 16.4. The number of piperazine rings is 1. The van der Waals surface area contributed by atoms with E-state index in [-0.39, 0.29) is 0 Å². The molecule has 0 unspecified atom stereocenters. The Labute approximate surface area is 159 Å². The van der Waals surface area contributed by atoms with Crippen LogP contribution in [0.15, 0.2) is 48.5 Å². The molecule has 0 bridgehead atoms. The van der Waals surface area contributed by atoms with Crippen LogP contribution in [-0.2, 0) is 0 Å². The molecular formula is C22H24N4O. The summed E-state index contributed by atoms with van der Waals surface area (Å²) in [6.45, 7) is 3.87. The molecule has 0 amide bonds. The Kier molecular flexibility index (Phi) is 4.07. The highest BCUT2D eigenvalue weighted by molar-refractivity contribution is 5.89. The largest absolute Gasteiger partial charge is 0.497 e. The van der Waals surface area contributed by atoms with Crippen LogP contribution < -0.4 is 14.5 Å². The number of anilines is 2. The number of aromatic nitrogens is 2. The summed E-state index contributed by atoms with van der Waals surface area (Å²) in [6.07, 6.45) is 2.45. The molecule has 1 saturated carbocycles. The zero-order chi connectivity index (χ0) is 18.2. The lowest BCUT2D eigenvalue weighted by atomic mass is 10.2. The third-order valence-electron chi connectivity index (χ3n) is 5.54. The van der Waals surface area contributed by atoms with Crippen molar-refractivity contribution in [3.63, 3.8) is 0 Å². The number of fused-ring (bicyclic) bond motifs is 1. The van der Waals surface area contributed by atoms with Crippen molar-refractivity contribution in [2.24, 2.45) is 0 Å². The predicted octanol–water partition coefficient (Wildman–Crippen LogP) is 3.84. The Morgan fingerprint density at radius 2 is 1.67 bits per heavy atom. The van der Waals surface area contributed by atoms with E-state index in [0.29, 0.717) is 5.92 Å². The molecule has 2 heterocycles. The summed E-state index contributed by atoms with van der Waals surface area (Å²) in [4.78, 5) is 14.6. The van der Waals surface area contributed by atoms with Crippen LogP contribution in [0, 0.1) is 0 Å².